The van der Waals surface area contributed by atoms with Gasteiger partial charge in [0.25, 0.3) is 0 Å². The molecule has 0 aromatic rings. The topological polar surface area (TPSA) is 40.5 Å². The minimum absolute atomic E-state index is 0.157. The fourth-order valence-electron chi connectivity index (χ4n) is 2.60. The predicted octanol–water partition coefficient (Wildman–Crippen LogP) is 0.624. The monoisotopic (exact) mass is 325 g/mol. The van der Waals surface area contributed by atoms with Crippen molar-refractivity contribution in [3.63, 3.8) is 0 Å². The normalized spacial score (nSPS) is 36.4. The zero-order valence-corrected chi connectivity index (χ0v) is 11.9. The van der Waals surface area contributed by atoms with Gasteiger partial charge in [-0.3, -0.25) is 0 Å². The van der Waals surface area contributed by atoms with Crippen molar-refractivity contribution < 1.29 is 9.90 Å². The second-order valence-electron chi connectivity index (χ2n) is 4.78. The van der Waals surface area contributed by atoms with Crippen LogP contribution in [0.4, 0.5) is 0 Å². The van der Waals surface area contributed by atoms with Crippen LogP contribution < -0.4 is 0 Å². The molecule has 0 radical (unpaired) electrons. The Morgan fingerprint density at radius 3 is 2.73 bits per heavy atom. The predicted molar refractivity (Wildman–Crippen MR) is 59.6 cm³/mol. The van der Waals surface area contributed by atoms with Crippen molar-refractivity contribution in [2.45, 2.75) is 36.4 Å². The maximum atomic E-state index is 12.0. The molecule has 4 heteroatoms. The first-order valence-corrected chi connectivity index (χ1v) is 7.73. The number of rotatable bonds is 2. The number of likely N-dealkylation sites (N-methyl/N-ethyl adjacent to an activating group) is 1. The van der Waals surface area contributed by atoms with E-state index in [1.807, 2.05) is 20.9 Å². The number of aliphatic hydroxyl groups is 1. The summed E-state index contributed by atoms with van der Waals surface area (Å²) in [6.07, 6.45) is -0.470. The number of hydrogen-bond donors (Lipinski definition) is 1. The molecule has 0 spiro atoms. The molecule has 1 N–H and O–H groups in total. The van der Waals surface area contributed by atoms with E-state index in [0.29, 0.717) is 0 Å². The molecule has 2 aliphatic heterocycles. The molecule has 0 aromatic heterocycles. The Balaban J connectivity index is 2.33. The van der Waals surface area contributed by atoms with Crippen LogP contribution in [0.3, 0.4) is 0 Å². The third-order valence-corrected chi connectivity index (χ3v) is 7.73. The molecule has 0 aliphatic carbocycles. The van der Waals surface area contributed by atoms with E-state index in [-0.39, 0.29) is 17.9 Å². The molecule has 1 fully saturated rings. The van der Waals surface area contributed by atoms with E-state index >= 15 is 0 Å². The Kier molecular flexibility index (Phi) is 2.65. The van der Waals surface area contributed by atoms with Gasteiger partial charge in [-0.05, 0) is 0 Å². The second-order valence-corrected chi connectivity index (χ2v) is 8.05. The van der Waals surface area contributed by atoms with Crippen LogP contribution in [0.25, 0.3) is 0 Å². The first-order valence-electron chi connectivity index (χ1n) is 5.22. The number of hydrogen-bond acceptors (Lipinski definition) is 2. The summed E-state index contributed by atoms with van der Waals surface area (Å²) in [5.74, 6) is 0.318. The molecular weight excluding hydrogens is 306 g/mol. The summed E-state index contributed by atoms with van der Waals surface area (Å²) in [7, 11) is 1.84. The molecule has 3 nitrogen and oxygen atoms in total. The van der Waals surface area contributed by atoms with E-state index in [1.165, 1.54) is 5.57 Å². The van der Waals surface area contributed by atoms with Gasteiger partial charge in [0.1, 0.15) is 0 Å². The van der Waals surface area contributed by atoms with Crippen molar-refractivity contribution in [1.29, 1.82) is 0 Å². The maximum absolute atomic E-state index is 12.0. The van der Waals surface area contributed by atoms with Gasteiger partial charge >= 0.3 is 101 Å². The van der Waals surface area contributed by atoms with E-state index in [1.54, 1.807) is 4.90 Å². The summed E-state index contributed by atoms with van der Waals surface area (Å²) < 4.78 is 1.82. The Labute approximate surface area is 101 Å². The fourth-order valence-corrected chi connectivity index (χ4v) is 7.28. The third-order valence-electron chi connectivity index (χ3n) is 3.39. The van der Waals surface area contributed by atoms with Crippen LogP contribution in [-0.2, 0) is 4.79 Å². The molecule has 0 aromatic carbocycles. The molecule has 0 saturated carbocycles. The molecule has 15 heavy (non-hydrogen) atoms. The van der Waals surface area contributed by atoms with Crippen molar-refractivity contribution in [2.75, 3.05) is 7.05 Å². The number of carbonyl (C=O) groups is 1. The number of β-lactam (4-membered cyclic amide) rings is 1. The van der Waals surface area contributed by atoms with E-state index in [4.69, 9.17) is 0 Å². The molecule has 2 heterocycles. The standard InChI is InChI=1S/C11H17NO2Te/c1-6(2)9(13)11-8(7(3)5-15-11)12(4)10(11)14/h5-6,8-9,13H,1-4H3/t8-,9-,11?/m0/s1. The van der Waals surface area contributed by atoms with E-state index in [2.05, 4.69) is 11.0 Å². The van der Waals surface area contributed by atoms with Crippen molar-refractivity contribution in [2.24, 2.45) is 5.92 Å². The van der Waals surface area contributed by atoms with E-state index in [9.17, 15) is 9.90 Å². The van der Waals surface area contributed by atoms with Crippen LogP contribution in [0.1, 0.15) is 20.8 Å². The van der Waals surface area contributed by atoms with Gasteiger partial charge in [-0.25, -0.2) is 0 Å². The SMILES string of the molecule is CC1=C[Te]C2([C@@H](O)C(C)C)C(=O)N(C)[C@@H]12. The molecule has 1 saturated heterocycles. The number of nitrogens with zero attached hydrogens (tertiary/aromatic N) is 1. The summed E-state index contributed by atoms with van der Waals surface area (Å²) in [6, 6.07) is 0.185. The van der Waals surface area contributed by atoms with Gasteiger partial charge in [0, 0.05) is 0 Å². The molecule has 0 bridgehead atoms. The second kappa shape index (κ2) is 3.48. The zero-order valence-electron chi connectivity index (χ0n) is 9.52. The van der Waals surface area contributed by atoms with Gasteiger partial charge in [-0.1, -0.05) is 0 Å². The number of likely N-dealkylation sites (tertiary alicyclic amines) is 1. The summed E-state index contributed by atoms with van der Waals surface area (Å²) in [4.78, 5) is 13.8. The van der Waals surface area contributed by atoms with Gasteiger partial charge in [0.2, 0.25) is 0 Å². The van der Waals surface area contributed by atoms with Crippen LogP contribution in [0.5, 0.6) is 0 Å². The van der Waals surface area contributed by atoms with Crippen molar-refractivity contribution >= 4 is 26.8 Å². The number of aliphatic hydroxyl groups excluding tert-OH is 1. The Morgan fingerprint density at radius 1 is 1.60 bits per heavy atom. The fraction of sp³-hybridized carbons (Fsp3) is 0.727. The van der Waals surface area contributed by atoms with Crippen molar-refractivity contribution in [3.05, 3.63) is 9.70 Å². The van der Waals surface area contributed by atoms with Crippen LogP contribution in [-0.4, -0.2) is 56.0 Å². The van der Waals surface area contributed by atoms with Crippen LogP contribution >= 0.6 is 0 Å². The molecule has 2 aliphatic rings. The van der Waals surface area contributed by atoms with Crippen molar-refractivity contribution in [1.82, 2.24) is 4.90 Å². The van der Waals surface area contributed by atoms with E-state index < -0.39 is 30.5 Å². The van der Waals surface area contributed by atoms with Gasteiger partial charge in [-0.2, -0.15) is 0 Å². The van der Waals surface area contributed by atoms with Crippen LogP contribution in [0.2, 0.25) is 3.46 Å². The summed E-state index contributed by atoms with van der Waals surface area (Å²) >= 11 is -0.536. The molecule has 2 rings (SSSR count). The summed E-state index contributed by atoms with van der Waals surface area (Å²) in [6.45, 7) is 6.05. The number of fused-ring (bicyclic) bond motifs is 1. The quantitative estimate of drug-likeness (QED) is 0.598. The number of carbonyl (C=O) groups excluding carboxylic acids is 1. The summed E-state index contributed by atoms with van der Waals surface area (Å²) in [5, 5.41) is 10.3. The molecule has 3 atom stereocenters. The summed E-state index contributed by atoms with van der Waals surface area (Å²) in [5.41, 5.74) is 1.28. The van der Waals surface area contributed by atoms with E-state index in [0.717, 1.165) is 0 Å². The van der Waals surface area contributed by atoms with Crippen LogP contribution in [0.15, 0.2) is 9.70 Å². The molecule has 84 valence electrons. The average molecular weight is 323 g/mol. The molecule has 1 amide bonds. The third kappa shape index (κ3) is 1.25. The van der Waals surface area contributed by atoms with Gasteiger partial charge in [0.15, 0.2) is 0 Å². The Morgan fingerprint density at radius 2 is 2.20 bits per heavy atom. The Hall–Kier alpha value is -0.0404. The molecule has 1 unspecified atom stereocenters. The first-order chi connectivity index (χ1) is 6.93. The molecular formula is C11H17NO2Te. The van der Waals surface area contributed by atoms with Crippen molar-refractivity contribution in [3.8, 4) is 0 Å². The van der Waals surface area contributed by atoms with Gasteiger partial charge in [0.05, 0.1) is 0 Å². The van der Waals surface area contributed by atoms with Crippen LogP contribution in [0, 0.1) is 5.92 Å². The first kappa shape index (κ1) is 11.4. The Bertz CT molecular complexity index is 339. The van der Waals surface area contributed by atoms with Gasteiger partial charge in [-0.15, -0.1) is 0 Å². The average Bonchev–Trinajstić information content (AvgIpc) is 2.51. The minimum atomic E-state index is -0.536. The number of amides is 1. The van der Waals surface area contributed by atoms with Gasteiger partial charge < -0.3 is 0 Å². The zero-order chi connectivity index (χ0) is 11.4.